The number of nitriles is 1. The van der Waals surface area contributed by atoms with Crippen molar-refractivity contribution in [1.82, 2.24) is 4.98 Å². The quantitative estimate of drug-likeness (QED) is 0.796. The highest BCUT2D eigenvalue weighted by Crippen LogP contribution is 2.34. The second kappa shape index (κ2) is 4.65. The summed E-state index contributed by atoms with van der Waals surface area (Å²) in [4.78, 5) is 5.03. The van der Waals surface area contributed by atoms with Gasteiger partial charge in [-0.05, 0) is 25.0 Å². The van der Waals surface area contributed by atoms with Gasteiger partial charge in [0.25, 0.3) is 0 Å². The molecule has 1 aromatic rings. The Bertz CT molecular complexity index is 491. The average molecular weight is 276 g/mol. The van der Waals surface area contributed by atoms with Gasteiger partial charge in [-0.1, -0.05) is 11.6 Å². The zero-order valence-corrected chi connectivity index (χ0v) is 9.96. The maximum absolute atomic E-state index is 12.5. The molecule has 0 amide bonds. The van der Waals surface area contributed by atoms with Crippen LogP contribution in [-0.2, 0) is 0 Å². The zero-order chi connectivity index (χ0) is 13.3. The molecule has 1 saturated carbocycles. The van der Waals surface area contributed by atoms with Crippen molar-refractivity contribution in [2.24, 2.45) is 0 Å². The Morgan fingerprint density at radius 2 is 2.11 bits per heavy atom. The van der Waals surface area contributed by atoms with Crippen LogP contribution in [0.5, 0.6) is 0 Å². The van der Waals surface area contributed by atoms with Crippen LogP contribution in [0.3, 0.4) is 0 Å². The molecule has 0 saturated heterocycles. The summed E-state index contributed by atoms with van der Waals surface area (Å²) < 4.78 is 37.5. The zero-order valence-electron chi connectivity index (χ0n) is 9.21. The van der Waals surface area contributed by atoms with E-state index in [1.807, 2.05) is 6.07 Å². The van der Waals surface area contributed by atoms with E-state index in [0.29, 0.717) is 12.8 Å². The third-order valence-electron chi connectivity index (χ3n) is 2.54. The number of halogens is 4. The van der Waals surface area contributed by atoms with Crippen molar-refractivity contribution in [1.29, 1.82) is 5.26 Å². The van der Waals surface area contributed by atoms with E-state index in [0.717, 1.165) is 4.90 Å². The topological polar surface area (TPSA) is 39.9 Å². The molecule has 1 aliphatic rings. The molecule has 1 aliphatic carbocycles. The summed E-state index contributed by atoms with van der Waals surface area (Å²) in [6, 6.07) is 4.34. The van der Waals surface area contributed by atoms with Crippen LogP contribution in [-0.4, -0.2) is 23.7 Å². The molecule has 0 radical (unpaired) electrons. The first-order valence-electron chi connectivity index (χ1n) is 5.30. The molecule has 1 fully saturated rings. The van der Waals surface area contributed by atoms with Crippen LogP contribution in [0.1, 0.15) is 18.4 Å². The molecule has 2 rings (SSSR count). The SMILES string of the molecule is N#Cc1cc(Cl)nc(N(CC(F)(F)F)C2CC2)c1. The van der Waals surface area contributed by atoms with E-state index in [2.05, 4.69) is 4.98 Å². The highest BCUT2D eigenvalue weighted by atomic mass is 35.5. The van der Waals surface area contributed by atoms with Crippen molar-refractivity contribution < 1.29 is 13.2 Å². The van der Waals surface area contributed by atoms with Crippen LogP contribution >= 0.6 is 11.6 Å². The van der Waals surface area contributed by atoms with Crippen molar-refractivity contribution in [2.45, 2.75) is 25.1 Å². The molecule has 0 aliphatic heterocycles. The van der Waals surface area contributed by atoms with Gasteiger partial charge in [-0.3, -0.25) is 0 Å². The van der Waals surface area contributed by atoms with Crippen molar-refractivity contribution in [2.75, 3.05) is 11.4 Å². The lowest BCUT2D eigenvalue weighted by molar-refractivity contribution is -0.120. The van der Waals surface area contributed by atoms with Crippen molar-refractivity contribution >= 4 is 17.4 Å². The first-order valence-corrected chi connectivity index (χ1v) is 5.68. The van der Waals surface area contributed by atoms with Crippen LogP contribution in [0.15, 0.2) is 12.1 Å². The van der Waals surface area contributed by atoms with Gasteiger partial charge in [0, 0.05) is 6.04 Å². The fraction of sp³-hybridized carbons (Fsp3) is 0.455. The number of nitrogens with zero attached hydrogens (tertiary/aromatic N) is 3. The maximum Gasteiger partial charge on any atom is 0.405 e. The molecule has 0 atom stereocenters. The molecule has 0 N–H and O–H groups in total. The van der Waals surface area contributed by atoms with Gasteiger partial charge in [0.15, 0.2) is 0 Å². The van der Waals surface area contributed by atoms with E-state index in [1.165, 1.54) is 12.1 Å². The predicted octanol–water partition coefficient (Wildman–Crippen LogP) is 3.14. The molecule has 0 spiro atoms. The summed E-state index contributed by atoms with van der Waals surface area (Å²) in [6.07, 6.45) is -2.91. The predicted molar refractivity (Wildman–Crippen MR) is 60.4 cm³/mol. The van der Waals surface area contributed by atoms with Crippen molar-refractivity contribution in [3.05, 3.63) is 22.8 Å². The molecule has 0 aromatic carbocycles. The van der Waals surface area contributed by atoms with Gasteiger partial charge in [0.2, 0.25) is 0 Å². The fourth-order valence-electron chi connectivity index (χ4n) is 1.67. The highest BCUT2D eigenvalue weighted by molar-refractivity contribution is 6.29. The normalized spacial score (nSPS) is 15.3. The standard InChI is InChI=1S/C11H9ClF3N3/c12-9-3-7(5-16)4-10(17-9)18(8-1-2-8)6-11(13,14)15/h3-4,8H,1-2,6H2. The Kier molecular flexibility index (Phi) is 3.35. The minimum absolute atomic E-state index is 0.0249. The largest absolute Gasteiger partial charge is 0.405 e. The van der Waals surface area contributed by atoms with Crippen LogP contribution in [0, 0.1) is 11.3 Å². The molecule has 3 nitrogen and oxygen atoms in total. The molecular weight excluding hydrogens is 267 g/mol. The first kappa shape index (κ1) is 13.0. The van der Waals surface area contributed by atoms with Crippen LogP contribution < -0.4 is 4.90 Å². The molecule has 0 bridgehead atoms. The minimum atomic E-state index is -4.31. The molecule has 0 unspecified atom stereocenters. The molecule has 1 aromatic heterocycles. The number of aromatic nitrogens is 1. The van der Waals surface area contributed by atoms with Gasteiger partial charge in [-0.25, -0.2) is 4.98 Å². The van der Waals surface area contributed by atoms with Crippen LogP contribution in [0.2, 0.25) is 5.15 Å². The summed E-state index contributed by atoms with van der Waals surface area (Å²) in [6.45, 7) is -1.07. The highest BCUT2D eigenvalue weighted by Gasteiger charge is 2.38. The number of alkyl halides is 3. The van der Waals surface area contributed by atoms with E-state index < -0.39 is 12.7 Å². The van der Waals surface area contributed by atoms with E-state index in [-0.39, 0.29) is 22.6 Å². The van der Waals surface area contributed by atoms with Gasteiger partial charge in [0.1, 0.15) is 17.5 Å². The van der Waals surface area contributed by atoms with E-state index in [9.17, 15) is 13.2 Å². The first-order chi connectivity index (χ1) is 8.39. The number of hydrogen-bond acceptors (Lipinski definition) is 3. The Morgan fingerprint density at radius 1 is 1.44 bits per heavy atom. The third kappa shape index (κ3) is 3.26. The Morgan fingerprint density at radius 3 is 2.61 bits per heavy atom. The smallest absolute Gasteiger partial charge is 0.344 e. The molecule has 96 valence electrons. The summed E-state index contributed by atoms with van der Waals surface area (Å²) in [5.74, 6) is 0.110. The van der Waals surface area contributed by atoms with E-state index in [1.54, 1.807) is 0 Å². The minimum Gasteiger partial charge on any atom is -0.344 e. The van der Waals surface area contributed by atoms with Gasteiger partial charge >= 0.3 is 6.18 Å². The lowest BCUT2D eigenvalue weighted by Gasteiger charge is -2.24. The summed E-state index contributed by atoms with van der Waals surface area (Å²) in [5, 5.41) is 8.80. The molecule has 7 heteroatoms. The second-order valence-corrected chi connectivity index (χ2v) is 4.51. The van der Waals surface area contributed by atoms with Crippen molar-refractivity contribution in [3.63, 3.8) is 0 Å². The Labute approximate surface area is 107 Å². The maximum atomic E-state index is 12.5. The van der Waals surface area contributed by atoms with Gasteiger partial charge < -0.3 is 4.90 Å². The molecular formula is C11H9ClF3N3. The van der Waals surface area contributed by atoms with Gasteiger partial charge in [0.05, 0.1) is 11.6 Å². The number of rotatable bonds is 3. The van der Waals surface area contributed by atoms with Crippen LogP contribution in [0.25, 0.3) is 0 Å². The number of hydrogen-bond donors (Lipinski definition) is 0. The van der Waals surface area contributed by atoms with Gasteiger partial charge in [-0.15, -0.1) is 0 Å². The number of pyridine rings is 1. The monoisotopic (exact) mass is 275 g/mol. The second-order valence-electron chi connectivity index (χ2n) is 4.12. The number of anilines is 1. The lowest BCUT2D eigenvalue weighted by Crippen LogP contribution is -2.36. The van der Waals surface area contributed by atoms with Gasteiger partial charge in [-0.2, -0.15) is 18.4 Å². The summed E-state index contributed by atoms with van der Waals surface area (Å²) in [5.41, 5.74) is 0.206. The summed E-state index contributed by atoms with van der Waals surface area (Å²) >= 11 is 5.70. The van der Waals surface area contributed by atoms with E-state index in [4.69, 9.17) is 16.9 Å². The molecule has 1 heterocycles. The average Bonchev–Trinajstić information content (AvgIpc) is 3.07. The Balaban J connectivity index is 2.31. The third-order valence-corrected chi connectivity index (χ3v) is 2.73. The lowest BCUT2D eigenvalue weighted by atomic mass is 10.2. The van der Waals surface area contributed by atoms with Crippen molar-refractivity contribution in [3.8, 4) is 6.07 Å². The Hall–Kier alpha value is -1.48. The van der Waals surface area contributed by atoms with Crippen LogP contribution in [0.4, 0.5) is 19.0 Å². The summed E-state index contributed by atoms with van der Waals surface area (Å²) in [7, 11) is 0. The fourth-order valence-corrected chi connectivity index (χ4v) is 1.88. The van der Waals surface area contributed by atoms with E-state index >= 15 is 0 Å². The molecule has 18 heavy (non-hydrogen) atoms.